The van der Waals surface area contributed by atoms with Gasteiger partial charge in [0.05, 0.1) is 11.4 Å². The molecule has 0 amide bonds. The van der Waals surface area contributed by atoms with E-state index in [1.165, 1.54) is 66.3 Å². The number of benzene rings is 3. The zero-order valence-electron chi connectivity index (χ0n) is 27.1. The summed E-state index contributed by atoms with van der Waals surface area (Å²) < 4.78 is 0. The van der Waals surface area contributed by atoms with Crippen LogP contribution in [0.3, 0.4) is 0 Å². The molecule has 3 aromatic rings. The van der Waals surface area contributed by atoms with Crippen LogP contribution in [0.25, 0.3) is 11.1 Å². The fourth-order valence-corrected chi connectivity index (χ4v) is 5.98. The molecule has 0 saturated carbocycles. The summed E-state index contributed by atoms with van der Waals surface area (Å²) in [6.45, 7) is 22.5. The van der Waals surface area contributed by atoms with Gasteiger partial charge in [0.1, 0.15) is 0 Å². The number of aryl methyl sites for hydroxylation is 4. The van der Waals surface area contributed by atoms with Crippen molar-refractivity contribution in [1.82, 2.24) is 0 Å². The topological polar surface area (TPSA) is 6.48 Å². The lowest BCUT2D eigenvalue weighted by Gasteiger charge is -2.27. The Balaban J connectivity index is 1.36. The van der Waals surface area contributed by atoms with Crippen molar-refractivity contribution in [2.45, 2.75) is 80.1 Å². The lowest BCUT2D eigenvalue weighted by atomic mass is 9.84. The zero-order chi connectivity index (χ0) is 30.4. The van der Waals surface area contributed by atoms with Crippen LogP contribution in [0.1, 0.15) is 74.9 Å². The first-order valence-corrected chi connectivity index (χ1v) is 15.1. The van der Waals surface area contributed by atoms with Crippen molar-refractivity contribution in [3.63, 3.8) is 0 Å². The first kappa shape index (κ1) is 29.5. The molecule has 2 aliphatic heterocycles. The molecule has 216 valence electrons. The summed E-state index contributed by atoms with van der Waals surface area (Å²) >= 11 is 0. The van der Waals surface area contributed by atoms with Crippen LogP contribution in [-0.2, 0) is 10.8 Å². The smallest absolute Gasteiger partial charge is 0.0507 e. The first-order valence-electron chi connectivity index (χ1n) is 15.1. The van der Waals surface area contributed by atoms with Gasteiger partial charge in [-0.1, -0.05) is 90.1 Å². The van der Waals surface area contributed by atoms with Crippen molar-refractivity contribution in [2.24, 2.45) is 0 Å². The van der Waals surface area contributed by atoms with Gasteiger partial charge in [-0.3, -0.25) is 0 Å². The third kappa shape index (κ3) is 5.95. The van der Waals surface area contributed by atoms with Gasteiger partial charge in [0, 0.05) is 24.8 Å². The molecule has 2 aliphatic rings. The Bertz CT molecular complexity index is 1540. The standard InChI is InChI=1S/C40H46N2/c1-27-23-35(39(5,6)7)24-28(2)37(27)41-19-15-33(16-20-41)31-11-13-32(14-12-31)34-17-21-42(22-18-34)38-29(3)25-36(26-30(38)4)40(8,9)10/h11-26H,1-10H3. The lowest BCUT2D eigenvalue weighted by molar-refractivity contribution is 0.589. The van der Waals surface area contributed by atoms with Gasteiger partial charge in [0.25, 0.3) is 0 Å². The summed E-state index contributed by atoms with van der Waals surface area (Å²) in [7, 11) is 0. The predicted octanol–water partition coefficient (Wildman–Crippen LogP) is 8.91. The van der Waals surface area contributed by atoms with Crippen LogP contribution in [0.4, 0.5) is 11.4 Å². The van der Waals surface area contributed by atoms with Crippen molar-refractivity contribution in [3.05, 3.63) is 141 Å². The van der Waals surface area contributed by atoms with E-state index in [1.54, 1.807) is 0 Å². The first-order chi connectivity index (χ1) is 19.7. The van der Waals surface area contributed by atoms with Crippen molar-refractivity contribution in [1.29, 1.82) is 0 Å². The number of rotatable bonds is 2. The molecule has 0 aliphatic carbocycles. The maximum Gasteiger partial charge on any atom is 0.0507 e. The quantitative estimate of drug-likeness (QED) is 0.312. The Kier molecular flexibility index (Phi) is 7.70. The Morgan fingerprint density at radius 3 is 0.929 bits per heavy atom. The molecule has 42 heavy (non-hydrogen) atoms. The molecule has 0 N–H and O–H groups in total. The minimum Gasteiger partial charge on any atom is -0.323 e. The molecule has 0 aromatic heterocycles. The van der Waals surface area contributed by atoms with Gasteiger partial charge in [0.15, 0.2) is 0 Å². The average Bonchev–Trinajstić information content (AvgIpc) is 2.92. The summed E-state index contributed by atoms with van der Waals surface area (Å²) in [4.78, 5) is 4.49. The fourth-order valence-electron chi connectivity index (χ4n) is 5.98. The molecule has 0 atom stereocenters. The summed E-state index contributed by atoms with van der Waals surface area (Å²) in [5.41, 5.74) is 13.2. The molecule has 0 radical (unpaired) electrons. The van der Waals surface area contributed by atoms with Crippen molar-refractivity contribution in [3.8, 4) is 0 Å². The summed E-state index contributed by atoms with van der Waals surface area (Å²) in [5, 5.41) is 2.44. The van der Waals surface area contributed by atoms with Gasteiger partial charge < -0.3 is 9.80 Å². The third-order valence-corrected chi connectivity index (χ3v) is 8.44. The second-order valence-corrected chi connectivity index (χ2v) is 14.0. The summed E-state index contributed by atoms with van der Waals surface area (Å²) in [5.74, 6) is 0. The van der Waals surface area contributed by atoms with Crippen LogP contribution in [0, 0.1) is 27.7 Å². The molecule has 0 fully saturated rings. The van der Waals surface area contributed by atoms with Crippen LogP contribution >= 0.6 is 0 Å². The number of anilines is 2. The predicted molar refractivity (Wildman–Crippen MR) is 183 cm³/mol. The van der Waals surface area contributed by atoms with Gasteiger partial charge in [-0.05, 0) is 118 Å². The van der Waals surface area contributed by atoms with E-state index in [9.17, 15) is 0 Å². The highest BCUT2D eigenvalue weighted by molar-refractivity contribution is 5.76. The van der Waals surface area contributed by atoms with E-state index >= 15 is 0 Å². The molecule has 2 heteroatoms. The molecular weight excluding hydrogens is 508 g/mol. The lowest BCUT2D eigenvalue weighted by Crippen LogP contribution is -2.18. The summed E-state index contributed by atoms with van der Waals surface area (Å²) in [6.07, 6.45) is 17.6. The monoisotopic (exact) mass is 554 g/mol. The SMILES string of the molecule is Cc1cc(C(C)(C)C)cc(C)c1N1C=CC(=c2ccc(=C3C=CN(c4c(C)cc(C(C)(C)C)cc4C)C=C3)cc2)C=C1. The minimum absolute atomic E-state index is 0.145. The molecule has 2 heterocycles. The highest BCUT2D eigenvalue weighted by Gasteiger charge is 2.19. The molecule has 3 aromatic carbocycles. The number of hydrogen-bond donors (Lipinski definition) is 0. The van der Waals surface area contributed by atoms with Gasteiger partial charge in [-0.15, -0.1) is 0 Å². The van der Waals surface area contributed by atoms with E-state index in [1.807, 2.05) is 0 Å². The number of nitrogens with zero attached hydrogens (tertiary/aromatic N) is 2. The molecular formula is C40H46N2. The van der Waals surface area contributed by atoms with Gasteiger partial charge in [0.2, 0.25) is 0 Å². The van der Waals surface area contributed by atoms with E-state index in [0.29, 0.717) is 0 Å². The highest BCUT2D eigenvalue weighted by Crippen LogP contribution is 2.34. The Labute approximate surface area is 253 Å². The van der Waals surface area contributed by atoms with Crippen molar-refractivity contribution >= 4 is 22.5 Å². The van der Waals surface area contributed by atoms with Crippen LogP contribution in [-0.4, -0.2) is 0 Å². The van der Waals surface area contributed by atoms with Crippen LogP contribution in [0.2, 0.25) is 0 Å². The van der Waals surface area contributed by atoms with E-state index in [4.69, 9.17) is 0 Å². The normalized spacial score (nSPS) is 15.3. The van der Waals surface area contributed by atoms with E-state index in [0.717, 1.165) is 0 Å². The maximum absolute atomic E-state index is 2.33. The van der Waals surface area contributed by atoms with Crippen molar-refractivity contribution < 1.29 is 0 Å². The molecule has 0 saturated heterocycles. The minimum atomic E-state index is 0.145. The largest absolute Gasteiger partial charge is 0.323 e. The molecule has 0 bridgehead atoms. The Hall–Kier alpha value is -4.04. The maximum atomic E-state index is 2.33. The number of allylic oxidation sites excluding steroid dienone is 4. The molecule has 0 spiro atoms. The fraction of sp³-hybridized carbons (Fsp3) is 0.300. The van der Waals surface area contributed by atoms with Gasteiger partial charge in [-0.25, -0.2) is 0 Å². The molecule has 0 unspecified atom stereocenters. The van der Waals surface area contributed by atoms with E-state index in [2.05, 4.69) is 177 Å². The van der Waals surface area contributed by atoms with Crippen LogP contribution in [0.5, 0.6) is 0 Å². The van der Waals surface area contributed by atoms with Crippen molar-refractivity contribution in [2.75, 3.05) is 9.80 Å². The molecule has 2 nitrogen and oxygen atoms in total. The molecule has 5 rings (SSSR count). The Morgan fingerprint density at radius 1 is 0.429 bits per heavy atom. The van der Waals surface area contributed by atoms with Crippen LogP contribution < -0.4 is 20.2 Å². The summed E-state index contributed by atoms with van der Waals surface area (Å²) in [6, 6.07) is 18.2. The van der Waals surface area contributed by atoms with Gasteiger partial charge in [-0.2, -0.15) is 0 Å². The zero-order valence-corrected chi connectivity index (χ0v) is 27.1. The second-order valence-electron chi connectivity index (χ2n) is 14.0. The van der Waals surface area contributed by atoms with Gasteiger partial charge >= 0.3 is 0 Å². The third-order valence-electron chi connectivity index (χ3n) is 8.44. The second kappa shape index (κ2) is 11.0. The number of hydrogen-bond acceptors (Lipinski definition) is 2. The highest BCUT2D eigenvalue weighted by atomic mass is 15.1. The van der Waals surface area contributed by atoms with E-state index in [-0.39, 0.29) is 10.8 Å². The average molecular weight is 555 g/mol. The van der Waals surface area contributed by atoms with Crippen LogP contribution in [0.15, 0.2) is 97.6 Å². The van der Waals surface area contributed by atoms with E-state index < -0.39 is 0 Å². The Morgan fingerprint density at radius 2 is 0.690 bits per heavy atom.